The van der Waals surface area contributed by atoms with Crippen LogP contribution in [0.2, 0.25) is 0 Å². The Hall–Kier alpha value is -1.71. The van der Waals surface area contributed by atoms with E-state index in [-0.39, 0.29) is 0 Å². The van der Waals surface area contributed by atoms with Crippen LogP contribution in [-0.2, 0) is 0 Å². The van der Waals surface area contributed by atoms with Gasteiger partial charge >= 0.3 is 0 Å². The van der Waals surface area contributed by atoms with Crippen molar-refractivity contribution in [2.24, 2.45) is 11.3 Å². The van der Waals surface area contributed by atoms with Crippen LogP contribution < -0.4 is 4.90 Å². The first-order valence-electron chi connectivity index (χ1n) is 9.66. The van der Waals surface area contributed by atoms with E-state index in [2.05, 4.69) is 55.6 Å². The maximum atomic E-state index is 4.76. The van der Waals surface area contributed by atoms with Crippen molar-refractivity contribution in [2.45, 2.75) is 67.7 Å². The fourth-order valence-electron chi connectivity index (χ4n) is 3.46. The molecule has 2 aromatic heterocycles. The fraction of sp³-hybridized carbons (Fsp3) is 0.667. The molecule has 0 aliphatic carbocycles. The molecule has 1 aliphatic rings. The number of anilines is 1. The van der Waals surface area contributed by atoms with Gasteiger partial charge in [-0.05, 0) is 38.7 Å². The van der Waals surface area contributed by atoms with Gasteiger partial charge in [-0.1, -0.05) is 41.0 Å². The van der Waals surface area contributed by atoms with Crippen LogP contribution in [0.15, 0.2) is 12.3 Å². The molecule has 3 heterocycles. The van der Waals surface area contributed by atoms with Crippen LogP contribution in [0.5, 0.6) is 0 Å². The predicted octanol–water partition coefficient (Wildman–Crippen LogP) is 5.32. The minimum atomic E-state index is 0.481. The Kier molecular flexibility index (Phi) is 6.36. The standard InChI is InChI=1S/C17H24N4.C4H10/c1-5-7-17(6-2)10-21(11-17)16-15-14(8-12(3)19-16)9-18-13(4)20-15;1-4(2)3/h8-9H,5-7,10-11H2,1-4H3;4H,1-3H3. The van der Waals surface area contributed by atoms with E-state index in [1.807, 2.05) is 20.0 Å². The molecule has 0 radical (unpaired) electrons. The van der Waals surface area contributed by atoms with E-state index < -0.39 is 0 Å². The molecule has 0 unspecified atom stereocenters. The molecular formula is C21H34N4. The Labute approximate surface area is 153 Å². The predicted molar refractivity (Wildman–Crippen MR) is 107 cm³/mol. The zero-order chi connectivity index (χ0) is 18.6. The molecule has 25 heavy (non-hydrogen) atoms. The molecule has 0 bridgehead atoms. The molecule has 4 nitrogen and oxygen atoms in total. The highest BCUT2D eigenvalue weighted by molar-refractivity contribution is 5.88. The van der Waals surface area contributed by atoms with Gasteiger partial charge in [-0.3, -0.25) is 0 Å². The van der Waals surface area contributed by atoms with Gasteiger partial charge in [0.2, 0.25) is 0 Å². The van der Waals surface area contributed by atoms with Crippen molar-refractivity contribution in [2.75, 3.05) is 18.0 Å². The minimum Gasteiger partial charge on any atom is -0.354 e. The summed E-state index contributed by atoms with van der Waals surface area (Å²) in [6.45, 7) is 17.3. The van der Waals surface area contributed by atoms with Crippen LogP contribution in [0.1, 0.15) is 65.4 Å². The average molecular weight is 343 g/mol. The lowest BCUT2D eigenvalue weighted by Gasteiger charge is -2.51. The van der Waals surface area contributed by atoms with Crippen LogP contribution in [-0.4, -0.2) is 28.0 Å². The normalized spacial score (nSPS) is 15.8. The molecule has 0 N–H and O–H groups in total. The van der Waals surface area contributed by atoms with Crippen LogP contribution >= 0.6 is 0 Å². The Morgan fingerprint density at radius 3 is 2.32 bits per heavy atom. The summed E-state index contributed by atoms with van der Waals surface area (Å²) in [6, 6.07) is 2.07. The molecule has 4 heteroatoms. The lowest BCUT2D eigenvalue weighted by atomic mass is 9.74. The summed E-state index contributed by atoms with van der Waals surface area (Å²) in [5.41, 5.74) is 2.51. The van der Waals surface area contributed by atoms with E-state index in [1.165, 1.54) is 19.3 Å². The molecule has 138 valence electrons. The molecule has 0 spiro atoms. The maximum Gasteiger partial charge on any atom is 0.155 e. The summed E-state index contributed by atoms with van der Waals surface area (Å²) in [5.74, 6) is 2.68. The van der Waals surface area contributed by atoms with Gasteiger partial charge in [0.1, 0.15) is 11.3 Å². The Bertz CT molecular complexity index is 700. The van der Waals surface area contributed by atoms with Gasteiger partial charge in [0.25, 0.3) is 0 Å². The van der Waals surface area contributed by atoms with Crippen molar-refractivity contribution in [1.82, 2.24) is 15.0 Å². The number of aryl methyl sites for hydroxylation is 2. The van der Waals surface area contributed by atoms with E-state index in [1.54, 1.807) is 0 Å². The van der Waals surface area contributed by atoms with Gasteiger partial charge < -0.3 is 4.90 Å². The number of hydrogen-bond acceptors (Lipinski definition) is 4. The van der Waals surface area contributed by atoms with Crippen molar-refractivity contribution in [3.63, 3.8) is 0 Å². The third-order valence-corrected chi connectivity index (χ3v) is 4.68. The van der Waals surface area contributed by atoms with E-state index in [0.717, 1.165) is 47.2 Å². The molecule has 0 aromatic carbocycles. The Morgan fingerprint density at radius 2 is 1.76 bits per heavy atom. The Morgan fingerprint density at radius 1 is 1.12 bits per heavy atom. The number of pyridine rings is 1. The first kappa shape index (κ1) is 19.6. The first-order valence-corrected chi connectivity index (χ1v) is 9.66. The molecule has 3 rings (SSSR count). The first-order chi connectivity index (χ1) is 11.8. The number of hydrogen-bond donors (Lipinski definition) is 0. The van der Waals surface area contributed by atoms with Crippen LogP contribution in [0, 0.1) is 25.2 Å². The van der Waals surface area contributed by atoms with Gasteiger partial charge in [0.05, 0.1) is 0 Å². The van der Waals surface area contributed by atoms with Crippen molar-refractivity contribution in [1.29, 1.82) is 0 Å². The minimum absolute atomic E-state index is 0.481. The SMILES string of the molecule is CC(C)C.CCCC1(CC)CN(c2nc(C)cc3cnc(C)nc23)C1. The quantitative estimate of drug-likeness (QED) is 0.754. The number of fused-ring (bicyclic) bond motifs is 1. The second kappa shape index (κ2) is 8.11. The largest absolute Gasteiger partial charge is 0.354 e. The van der Waals surface area contributed by atoms with E-state index in [4.69, 9.17) is 4.98 Å². The topological polar surface area (TPSA) is 41.9 Å². The van der Waals surface area contributed by atoms with E-state index >= 15 is 0 Å². The Balaban J connectivity index is 0.000000511. The summed E-state index contributed by atoms with van der Waals surface area (Å²) in [5, 5.41) is 1.09. The highest BCUT2D eigenvalue weighted by atomic mass is 15.3. The zero-order valence-electron chi connectivity index (χ0n) is 17.1. The zero-order valence-corrected chi connectivity index (χ0v) is 17.1. The van der Waals surface area contributed by atoms with Crippen molar-refractivity contribution in [3.8, 4) is 0 Å². The third-order valence-electron chi connectivity index (χ3n) is 4.68. The summed E-state index contributed by atoms with van der Waals surface area (Å²) in [4.78, 5) is 16.1. The van der Waals surface area contributed by atoms with E-state index in [9.17, 15) is 0 Å². The summed E-state index contributed by atoms with van der Waals surface area (Å²) < 4.78 is 0. The lowest BCUT2D eigenvalue weighted by molar-refractivity contribution is 0.183. The molecule has 0 amide bonds. The molecule has 1 fully saturated rings. The fourth-order valence-corrected chi connectivity index (χ4v) is 3.46. The van der Waals surface area contributed by atoms with E-state index in [0.29, 0.717) is 5.41 Å². The van der Waals surface area contributed by atoms with Crippen LogP contribution in [0.3, 0.4) is 0 Å². The van der Waals surface area contributed by atoms with Crippen molar-refractivity contribution < 1.29 is 0 Å². The summed E-state index contributed by atoms with van der Waals surface area (Å²) in [7, 11) is 0. The van der Waals surface area contributed by atoms with Gasteiger partial charge in [-0.15, -0.1) is 0 Å². The second-order valence-corrected chi connectivity index (χ2v) is 8.13. The maximum absolute atomic E-state index is 4.76. The molecule has 1 aliphatic heterocycles. The third kappa shape index (κ3) is 4.68. The van der Waals surface area contributed by atoms with Crippen molar-refractivity contribution in [3.05, 3.63) is 23.8 Å². The van der Waals surface area contributed by atoms with Gasteiger partial charge in [-0.2, -0.15) is 0 Å². The molecular weight excluding hydrogens is 308 g/mol. The molecule has 0 atom stereocenters. The van der Waals surface area contributed by atoms with Gasteiger partial charge in [-0.25, -0.2) is 15.0 Å². The average Bonchev–Trinajstić information content (AvgIpc) is 2.50. The van der Waals surface area contributed by atoms with Crippen molar-refractivity contribution >= 4 is 16.7 Å². The van der Waals surface area contributed by atoms with Gasteiger partial charge in [0, 0.05) is 35.8 Å². The number of aromatic nitrogens is 3. The monoisotopic (exact) mass is 342 g/mol. The number of nitrogens with zero attached hydrogens (tertiary/aromatic N) is 4. The highest BCUT2D eigenvalue weighted by Gasteiger charge is 2.41. The number of rotatable bonds is 4. The van der Waals surface area contributed by atoms with Crippen LogP contribution in [0.25, 0.3) is 10.9 Å². The van der Waals surface area contributed by atoms with Gasteiger partial charge in [0.15, 0.2) is 5.82 Å². The highest BCUT2D eigenvalue weighted by Crippen LogP contribution is 2.41. The molecule has 2 aromatic rings. The lowest BCUT2D eigenvalue weighted by Crippen LogP contribution is -2.56. The molecule has 1 saturated heterocycles. The second-order valence-electron chi connectivity index (χ2n) is 8.13. The van der Waals surface area contributed by atoms with Crippen LogP contribution in [0.4, 0.5) is 5.82 Å². The smallest absolute Gasteiger partial charge is 0.155 e. The molecule has 0 saturated carbocycles. The summed E-state index contributed by atoms with van der Waals surface area (Å²) >= 11 is 0. The summed E-state index contributed by atoms with van der Waals surface area (Å²) in [6.07, 6.45) is 5.71.